The van der Waals surface area contributed by atoms with E-state index in [2.05, 4.69) is 10.6 Å². The van der Waals surface area contributed by atoms with Gasteiger partial charge in [-0.3, -0.25) is 19.7 Å². The smallest absolute Gasteiger partial charge is 0.335 e. The SMILES string of the molecule is O=C(COc1ccc(/C=C2\C(=O)NC(=O)N(c3cccc(Cl)c3)C2=O)cc1)Nc1ccccc1. The van der Waals surface area contributed by atoms with Crippen molar-refractivity contribution in [3.05, 3.63) is 95.0 Å². The Labute approximate surface area is 199 Å². The van der Waals surface area contributed by atoms with E-state index in [-0.39, 0.29) is 23.8 Å². The third-order valence-corrected chi connectivity index (χ3v) is 5.02. The lowest BCUT2D eigenvalue weighted by atomic mass is 10.1. The van der Waals surface area contributed by atoms with Gasteiger partial charge in [0.1, 0.15) is 11.3 Å². The lowest BCUT2D eigenvalue weighted by Gasteiger charge is -2.26. The zero-order valence-electron chi connectivity index (χ0n) is 17.7. The molecule has 1 fully saturated rings. The van der Waals surface area contributed by atoms with Gasteiger partial charge in [0.15, 0.2) is 6.61 Å². The van der Waals surface area contributed by atoms with Crippen LogP contribution in [0.4, 0.5) is 16.2 Å². The second-order valence-electron chi connectivity index (χ2n) is 7.21. The summed E-state index contributed by atoms with van der Waals surface area (Å²) in [6.45, 7) is -0.188. The van der Waals surface area contributed by atoms with Crippen LogP contribution in [0.5, 0.6) is 5.75 Å². The zero-order valence-corrected chi connectivity index (χ0v) is 18.4. The molecule has 0 aromatic heterocycles. The Hall–Kier alpha value is -4.43. The van der Waals surface area contributed by atoms with Gasteiger partial charge in [0.05, 0.1) is 5.69 Å². The number of anilines is 2. The van der Waals surface area contributed by atoms with E-state index >= 15 is 0 Å². The molecule has 34 heavy (non-hydrogen) atoms. The maximum absolute atomic E-state index is 12.9. The summed E-state index contributed by atoms with van der Waals surface area (Å²) in [6, 6.07) is 20.8. The molecule has 0 saturated carbocycles. The number of hydrogen-bond donors (Lipinski definition) is 2. The molecule has 0 radical (unpaired) electrons. The minimum absolute atomic E-state index is 0.188. The van der Waals surface area contributed by atoms with Gasteiger partial charge in [-0.15, -0.1) is 0 Å². The molecule has 0 aliphatic carbocycles. The molecule has 4 rings (SSSR count). The van der Waals surface area contributed by atoms with Crippen molar-refractivity contribution in [3.8, 4) is 5.75 Å². The molecule has 0 atom stereocenters. The standard InChI is InChI=1S/C25H18ClN3O5/c26-17-5-4-8-19(14-17)29-24(32)21(23(31)28-25(29)33)13-16-9-11-20(12-10-16)34-15-22(30)27-18-6-2-1-3-7-18/h1-14H,15H2,(H,27,30)(H,28,31,33)/b21-13+. The number of amides is 5. The van der Waals surface area contributed by atoms with Gasteiger partial charge in [0.25, 0.3) is 17.7 Å². The number of carbonyl (C=O) groups is 4. The van der Waals surface area contributed by atoms with E-state index in [1.807, 2.05) is 18.2 Å². The first-order chi connectivity index (χ1) is 16.4. The van der Waals surface area contributed by atoms with Crippen LogP contribution in [0.3, 0.4) is 0 Å². The molecule has 8 nitrogen and oxygen atoms in total. The van der Waals surface area contributed by atoms with Crippen LogP contribution in [-0.2, 0) is 14.4 Å². The van der Waals surface area contributed by atoms with Crippen LogP contribution < -0.4 is 20.3 Å². The van der Waals surface area contributed by atoms with Gasteiger partial charge >= 0.3 is 6.03 Å². The number of imide groups is 2. The number of urea groups is 1. The highest BCUT2D eigenvalue weighted by atomic mass is 35.5. The van der Waals surface area contributed by atoms with Crippen molar-refractivity contribution in [2.45, 2.75) is 0 Å². The van der Waals surface area contributed by atoms with Crippen molar-refractivity contribution in [2.75, 3.05) is 16.8 Å². The lowest BCUT2D eigenvalue weighted by Crippen LogP contribution is -2.54. The first-order valence-electron chi connectivity index (χ1n) is 10.2. The van der Waals surface area contributed by atoms with Crippen molar-refractivity contribution >= 4 is 52.8 Å². The molecule has 170 valence electrons. The number of hydrogen-bond acceptors (Lipinski definition) is 5. The average molecular weight is 476 g/mol. The molecule has 3 aromatic rings. The quantitative estimate of drug-likeness (QED) is 0.414. The molecule has 0 bridgehead atoms. The molecule has 3 aromatic carbocycles. The van der Waals surface area contributed by atoms with Gasteiger partial charge in [-0.25, -0.2) is 9.69 Å². The Kier molecular flexibility index (Phi) is 6.70. The number of benzene rings is 3. The van der Waals surface area contributed by atoms with Crippen molar-refractivity contribution in [3.63, 3.8) is 0 Å². The maximum atomic E-state index is 12.9. The molecule has 1 saturated heterocycles. The van der Waals surface area contributed by atoms with Crippen LogP contribution in [-0.4, -0.2) is 30.4 Å². The second kappa shape index (κ2) is 10.0. The van der Waals surface area contributed by atoms with E-state index in [0.717, 1.165) is 4.90 Å². The molecular formula is C25H18ClN3O5. The second-order valence-corrected chi connectivity index (χ2v) is 7.65. The predicted octanol–water partition coefficient (Wildman–Crippen LogP) is 4.02. The summed E-state index contributed by atoms with van der Waals surface area (Å²) in [5.74, 6) is -1.45. The first-order valence-corrected chi connectivity index (χ1v) is 10.5. The Bertz CT molecular complexity index is 1290. The zero-order chi connectivity index (χ0) is 24.1. The molecule has 1 aliphatic rings. The molecule has 0 unspecified atom stereocenters. The Morgan fingerprint density at radius 2 is 1.71 bits per heavy atom. The fourth-order valence-electron chi connectivity index (χ4n) is 3.20. The number of barbiturate groups is 1. The Morgan fingerprint density at radius 1 is 0.971 bits per heavy atom. The summed E-state index contributed by atoms with van der Waals surface area (Å²) in [6.07, 6.45) is 1.37. The summed E-state index contributed by atoms with van der Waals surface area (Å²) < 4.78 is 5.48. The van der Waals surface area contributed by atoms with Crippen molar-refractivity contribution in [1.29, 1.82) is 0 Å². The lowest BCUT2D eigenvalue weighted by molar-refractivity contribution is -0.122. The number of nitrogens with zero attached hydrogens (tertiary/aromatic N) is 1. The van der Waals surface area contributed by atoms with Crippen molar-refractivity contribution < 1.29 is 23.9 Å². The molecule has 2 N–H and O–H groups in total. The van der Waals surface area contributed by atoms with Crippen LogP contribution in [0.2, 0.25) is 5.02 Å². The summed E-state index contributed by atoms with van der Waals surface area (Å²) >= 11 is 5.97. The van der Waals surface area contributed by atoms with Gasteiger partial charge in [-0.2, -0.15) is 0 Å². The third kappa shape index (κ3) is 5.31. The predicted molar refractivity (Wildman–Crippen MR) is 127 cm³/mol. The van der Waals surface area contributed by atoms with Gasteiger partial charge < -0.3 is 10.1 Å². The fourth-order valence-corrected chi connectivity index (χ4v) is 3.39. The number of carbonyl (C=O) groups excluding carboxylic acids is 4. The van der Waals surface area contributed by atoms with Crippen molar-refractivity contribution in [2.24, 2.45) is 0 Å². The van der Waals surface area contributed by atoms with E-state index in [1.165, 1.54) is 18.2 Å². The van der Waals surface area contributed by atoms with Crippen molar-refractivity contribution in [1.82, 2.24) is 5.32 Å². The Balaban J connectivity index is 1.44. The molecule has 1 aliphatic heterocycles. The van der Waals surface area contributed by atoms with Crippen LogP contribution in [0, 0.1) is 0 Å². The van der Waals surface area contributed by atoms with Crippen LogP contribution in [0.1, 0.15) is 5.56 Å². The maximum Gasteiger partial charge on any atom is 0.335 e. The van der Waals surface area contributed by atoms with Gasteiger partial charge in [-0.1, -0.05) is 48.0 Å². The normalized spacial score (nSPS) is 14.7. The van der Waals surface area contributed by atoms with Crippen LogP contribution in [0.15, 0.2) is 84.4 Å². The molecule has 9 heteroatoms. The number of rotatable bonds is 6. The van der Waals surface area contributed by atoms with E-state index in [0.29, 0.717) is 22.0 Å². The van der Waals surface area contributed by atoms with Gasteiger partial charge in [0.2, 0.25) is 0 Å². The van der Waals surface area contributed by atoms with E-state index in [9.17, 15) is 19.2 Å². The van der Waals surface area contributed by atoms with E-state index in [4.69, 9.17) is 16.3 Å². The van der Waals surface area contributed by atoms with E-state index < -0.39 is 17.8 Å². The monoisotopic (exact) mass is 475 g/mol. The summed E-state index contributed by atoms with van der Waals surface area (Å²) in [7, 11) is 0. The van der Waals surface area contributed by atoms with Crippen LogP contribution in [0.25, 0.3) is 6.08 Å². The average Bonchev–Trinajstić information content (AvgIpc) is 2.82. The highest BCUT2D eigenvalue weighted by Crippen LogP contribution is 2.25. The highest BCUT2D eigenvalue weighted by molar-refractivity contribution is 6.39. The number of nitrogens with one attached hydrogen (secondary N) is 2. The topological polar surface area (TPSA) is 105 Å². The molecular weight excluding hydrogens is 458 g/mol. The molecule has 1 heterocycles. The van der Waals surface area contributed by atoms with Gasteiger partial charge in [-0.05, 0) is 54.1 Å². The van der Waals surface area contributed by atoms with E-state index in [1.54, 1.807) is 48.5 Å². The highest BCUT2D eigenvalue weighted by Gasteiger charge is 2.36. The number of halogens is 1. The number of ether oxygens (including phenoxy) is 1. The summed E-state index contributed by atoms with van der Waals surface area (Å²) in [5.41, 5.74) is 1.22. The summed E-state index contributed by atoms with van der Waals surface area (Å²) in [4.78, 5) is 50.4. The molecule has 5 amide bonds. The largest absolute Gasteiger partial charge is 0.484 e. The fraction of sp³-hybridized carbons (Fsp3) is 0.0400. The summed E-state index contributed by atoms with van der Waals surface area (Å²) in [5, 5.41) is 5.22. The molecule has 0 spiro atoms. The minimum Gasteiger partial charge on any atom is -0.484 e. The third-order valence-electron chi connectivity index (χ3n) is 4.79. The minimum atomic E-state index is -0.855. The van der Waals surface area contributed by atoms with Gasteiger partial charge in [0, 0.05) is 10.7 Å². The first kappa shape index (κ1) is 22.8. The van der Waals surface area contributed by atoms with Crippen LogP contribution >= 0.6 is 11.6 Å². The number of para-hydroxylation sites is 1. The Morgan fingerprint density at radius 3 is 2.41 bits per heavy atom.